The number of aryl methyl sites for hydroxylation is 1. The van der Waals surface area contributed by atoms with E-state index in [9.17, 15) is 9.90 Å². The quantitative estimate of drug-likeness (QED) is 0.758. The van der Waals surface area contributed by atoms with Crippen molar-refractivity contribution in [3.05, 3.63) is 35.0 Å². The third-order valence-corrected chi connectivity index (χ3v) is 6.26. The lowest BCUT2D eigenvalue weighted by atomic mass is 9.74. The summed E-state index contributed by atoms with van der Waals surface area (Å²) in [7, 11) is 1.64. The fourth-order valence-electron chi connectivity index (χ4n) is 4.05. The van der Waals surface area contributed by atoms with E-state index in [0.717, 1.165) is 67.5 Å². The molecular weight excluding hydrogens is 364 g/mol. The molecule has 1 aliphatic heterocycles. The van der Waals surface area contributed by atoms with Crippen LogP contribution in [0.5, 0.6) is 5.75 Å². The molecule has 27 heavy (non-hydrogen) atoms. The van der Waals surface area contributed by atoms with Crippen LogP contribution in [0.3, 0.4) is 0 Å². The first-order valence-corrected chi connectivity index (χ1v) is 9.94. The Bertz CT molecular complexity index is 816. The van der Waals surface area contributed by atoms with E-state index in [-0.39, 0.29) is 0 Å². The second-order valence-electron chi connectivity index (χ2n) is 7.34. The van der Waals surface area contributed by atoms with Crippen LogP contribution in [0.2, 0.25) is 5.02 Å². The number of rotatable bonds is 7. The molecular formula is C21H27ClN2O3. The van der Waals surface area contributed by atoms with Crippen LogP contribution >= 0.6 is 11.6 Å². The van der Waals surface area contributed by atoms with Crippen molar-refractivity contribution in [2.24, 2.45) is 5.41 Å². The number of ether oxygens (including phenoxy) is 1. The number of hydrogen-bond acceptors (Lipinski definition) is 4. The van der Waals surface area contributed by atoms with Crippen molar-refractivity contribution in [3.8, 4) is 5.75 Å². The van der Waals surface area contributed by atoms with Crippen LogP contribution in [0.4, 0.5) is 0 Å². The average molecular weight is 391 g/mol. The number of aliphatic carboxylic acids is 1. The number of piperidine rings is 1. The number of benzene rings is 1. The Morgan fingerprint density at radius 2 is 2.11 bits per heavy atom. The molecule has 0 radical (unpaired) electrons. The first-order chi connectivity index (χ1) is 13.0. The van der Waals surface area contributed by atoms with Crippen LogP contribution in [-0.2, 0) is 11.2 Å². The second kappa shape index (κ2) is 8.44. The first-order valence-electron chi connectivity index (χ1n) is 9.56. The Morgan fingerprint density at radius 1 is 1.37 bits per heavy atom. The smallest absolute Gasteiger partial charge is 0.309 e. The maximum Gasteiger partial charge on any atom is 0.309 e. The van der Waals surface area contributed by atoms with Gasteiger partial charge in [0.1, 0.15) is 5.75 Å². The zero-order valence-corrected chi connectivity index (χ0v) is 16.8. The Balaban J connectivity index is 1.76. The van der Waals surface area contributed by atoms with E-state index >= 15 is 0 Å². The van der Waals surface area contributed by atoms with Gasteiger partial charge in [-0.05, 0) is 75.5 Å². The second-order valence-corrected chi connectivity index (χ2v) is 7.75. The number of carboxylic acid groups (broad SMARTS) is 1. The molecule has 1 aliphatic rings. The van der Waals surface area contributed by atoms with E-state index in [1.807, 2.05) is 18.2 Å². The molecule has 5 nitrogen and oxygen atoms in total. The van der Waals surface area contributed by atoms with Gasteiger partial charge in [-0.25, -0.2) is 0 Å². The number of nitrogens with zero attached hydrogens (tertiary/aromatic N) is 2. The lowest BCUT2D eigenvalue weighted by Crippen LogP contribution is -2.44. The minimum Gasteiger partial charge on any atom is -0.497 e. The molecule has 1 N–H and O–H groups in total. The van der Waals surface area contributed by atoms with Gasteiger partial charge >= 0.3 is 5.97 Å². The summed E-state index contributed by atoms with van der Waals surface area (Å²) in [4.78, 5) is 18.7. The van der Waals surface area contributed by atoms with Crippen molar-refractivity contribution >= 4 is 28.5 Å². The molecule has 6 heteroatoms. The van der Waals surface area contributed by atoms with E-state index < -0.39 is 11.4 Å². The topological polar surface area (TPSA) is 62.7 Å². The molecule has 3 rings (SSSR count). The van der Waals surface area contributed by atoms with Gasteiger partial charge in [0.2, 0.25) is 0 Å². The Morgan fingerprint density at radius 3 is 2.74 bits per heavy atom. The van der Waals surface area contributed by atoms with Crippen LogP contribution in [-0.4, -0.2) is 47.7 Å². The molecule has 0 unspecified atom stereocenters. The summed E-state index contributed by atoms with van der Waals surface area (Å²) < 4.78 is 5.33. The summed E-state index contributed by atoms with van der Waals surface area (Å²) in [5.74, 6) is 0.104. The monoisotopic (exact) mass is 390 g/mol. The van der Waals surface area contributed by atoms with Crippen LogP contribution in [0.25, 0.3) is 10.9 Å². The van der Waals surface area contributed by atoms with Crippen molar-refractivity contribution in [1.82, 2.24) is 9.88 Å². The molecule has 2 aromatic rings. The van der Waals surface area contributed by atoms with E-state index in [1.54, 1.807) is 13.3 Å². The average Bonchev–Trinajstić information content (AvgIpc) is 2.69. The number of carbonyl (C=O) groups is 1. The number of pyridine rings is 1. The largest absolute Gasteiger partial charge is 0.497 e. The van der Waals surface area contributed by atoms with Gasteiger partial charge in [-0.2, -0.15) is 0 Å². The SMILES string of the molecule is CCN1CCC(CCCc2c(Cl)cnc3ccc(OC)cc23)(C(=O)O)CC1. The molecule has 0 aliphatic carbocycles. The minimum atomic E-state index is -0.661. The van der Waals surface area contributed by atoms with Crippen molar-refractivity contribution in [3.63, 3.8) is 0 Å². The predicted octanol–water partition coefficient (Wildman–Crippen LogP) is 4.41. The standard InChI is InChI=1S/C21H27ClN2O3/c1-3-24-11-9-21(10-12-24,20(25)26)8-4-5-16-17-13-15(27-2)6-7-19(17)23-14-18(16)22/h6-7,13-14H,3-5,8-12H2,1-2H3,(H,25,26). The van der Waals surface area contributed by atoms with Crippen molar-refractivity contribution in [2.45, 2.75) is 39.0 Å². The van der Waals surface area contributed by atoms with Crippen molar-refractivity contribution in [2.75, 3.05) is 26.7 Å². The van der Waals surface area contributed by atoms with Gasteiger partial charge in [-0.1, -0.05) is 18.5 Å². The Hall–Kier alpha value is -1.85. The van der Waals surface area contributed by atoms with Crippen LogP contribution in [0.15, 0.2) is 24.4 Å². The van der Waals surface area contributed by atoms with Crippen LogP contribution < -0.4 is 4.74 Å². The fraction of sp³-hybridized carbons (Fsp3) is 0.524. The summed E-state index contributed by atoms with van der Waals surface area (Å²) in [6.07, 6.45) is 5.30. The normalized spacial score (nSPS) is 17.1. The number of likely N-dealkylation sites (tertiary alicyclic amines) is 1. The lowest BCUT2D eigenvalue weighted by molar-refractivity contribution is -0.152. The first kappa shape index (κ1) is 19.9. The number of aromatic nitrogens is 1. The highest BCUT2D eigenvalue weighted by atomic mass is 35.5. The molecule has 0 amide bonds. The van der Waals surface area contributed by atoms with Gasteiger partial charge in [0.15, 0.2) is 0 Å². The fourth-order valence-corrected chi connectivity index (χ4v) is 4.30. The molecule has 0 spiro atoms. The van der Waals surface area contributed by atoms with Gasteiger partial charge in [-0.15, -0.1) is 0 Å². The number of methoxy groups -OCH3 is 1. The van der Waals surface area contributed by atoms with E-state index in [1.165, 1.54) is 0 Å². The van der Waals surface area contributed by atoms with Gasteiger partial charge in [0, 0.05) is 11.6 Å². The third kappa shape index (κ3) is 4.19. The highest BCUT2D eigenvalue weighted by Gasteiger charge is 2.40. The number of halogens is 1. The molecule has 1 fully saturated rings. The number of fused-ring (bicyclic) bond motifs is 1. The molecule has 1 saturated heterocycles. The molecule has 0 saturated carbocycles. The summed E-state index contributed by atoms with van der Waals surface area (Å²) in [5, 5.41) is 11.5. The third-order valence-electron chi connectivity index (χ3n) is 5.93. The van der Waals surface area contributed by atoms with Gasteiger partial charge in [0.25, 0.3) is 0 Å². The number of hydrogen-bond donors (Lipinski definition) is 1. The zero-order chi connectivity index (χ0) is 19.4. The lowest BCUT2D eigenvalue weighted by Gasteiger charge is -2.38. The molecule has 0 bridgehead atoms. The molecule has 146 valence electrons. The van der Waals surface area contributed by atoms with Crippen LogP contribution in [0.1, 0.15) is 38.2 Å². The Kier molecular flexibility index (Phi) is 6.22. The van der Waals surface area contributed by atoms with Crippen molar-refractivity contribution < 1.29 is 14.6 Å². The van der Waals surface area contributed by atoms with E-state index in [0.29, 0.717) is 11.4 Å². The van der Waals surface area contributed by atoms with Gasteiger partial charge in [0.05, 0.1) is 23.1 Å². The summed E-state index contributed by atoms with van der Waals surface area (Å²) in [5.41, 5.74) is 1.28. The van der Waals surface area contributed by atoms with E-state index in [4.69, 9.17) is 16.3 Å². The highest BCUT2D eigenvalue weighted by molar-refractivity contribution is 6.32. The maximum absolute atomic E-state index is 12.0. The molecule has 1 aromatic carbocycles. The molecule has 0 atom stereocenters. The zero-order valence-electron chi connectivity index (χ0n) is 16.0. The van der Waals surface area contributed by atoms with Crippen molar-refractivity contribution in [1.29, 1.82) is 0 Å². The van der Waals surface area contributed by atoms with Gasteiger partial charge in [-0.3, -0.25) is 9.78 Å². The summed E-state index contributed by atoms with van der Waals surface area (Å²) in [6.45, 7) is 4.83. The minimum absolute atomic E-state index is 0.612. The molecule has 1 aromatic heterocycles. The molecule has 2 heterocycles. The predicted molar refractivity (Wildman–Crippen MR) is 108 cm³/mol. The van der Waals surface area contributed by atoms with E-state index in [2.05, 4.69) is 16.8 Å². The summed E-state index contributed by atoms with van der Waals surface area (Å²) in [6, 6.07) is 5.76. The summed E-state index contributed by atoms with van der Waals surface area (Å²) >= 11 is 6.43. The van der Waals surface area contributed by atoms with Gasteiger partial charge < -0.3 is 14.7 Å². The number of carboxylic acids is 1. The maximum atomic E-state index is 12.0. The Labute approximate surface area is 165 Å². The highest BCUT2D eigenvalue weighted by Crippen LogP contribution is 2.38. The van der Waals surface area contributed by atoms with Crippen LogP contribution in [0, 0.1) is 5.41 Å².